The van der Waals surface area contributed by atoms with Crippen LogP contribution in [0.4, 0.5) is 5.69 Å². The van der Waals surface area contributed by atoms with Crippen LogP contribution in [0.2, 0.25) is 0 Å². The van der Waals surface area contributed by atoms with Gasteiger partial charge >= 0.3 is 0 Å². The topological polar surface area (TPSA) is 102 Å². The monoisotopic (exact) mass is 306 g/mol. The van der Waals surface area contributed by atoms with E-state index in [9.17, 15) is 20.0 Å². The van der Waals surface area contributed by atoms with Crippen molar-refractivity contribution in [3.05, 3.63) is 46.0 Å². The van der Waals surface area contributed by atoms with Gasteiger partial charge in [-0.05, 0) is 23.8 Å². The predicted molar refractivity (Wildman–Crippen MR) is 80.1 cm³/mol. The van der Waals surface area contributed by atoms with E-state index in [1.54, 1.807) is 18.2 Å². The van der Waals surface area contributed by atoms with Gasteiger partial charge in [-0.3, -0.25) is 14.9 Å². The molecule has 0 atom stereocenters. The zero-order valence-corrected chi connectivity index (χ0v) is 12.0. The number of carbonyl (C=O) groups excluding carboxylic acids is 1. The van der Waals surface area contributed by atoms with Gasteiger partial charge in [0, 0.05) is 50.8 Å². The normalized spacial score (nSPS) is 17.3. The molecule has 1 fully saturated rings. The van der Waals surface area contributed by atoms with Gasteiger partial charge in [-0.25, -0.2) is 0 Å². The summed E-state index contributed by atoms with van der Waals surface area (Å²) in [5.74, 6) is -0.321. The number of rotatable bonds is 5. The maximum absolute atomic E-state index is 11.7. The molecule has 2 N–H and O–H groups in total. The van der Waals surface area contributed by atoms with Gasteiger partial charge in [0.25, 0.3) is 5.69 Å². The zero-order valence-electron chi connectivity index (χ0n) is 12.0. The van der Waals surface area contributed by atoms with Gasteiger partial charge < -0.3 is 15.2 Å². The third-order valence-corrected chi connectivity index (χ3v) is 3.55. The molecule has 0 spiro atoms. The van der Waals surface area contributed by atoms with Gasteiger partial charge in [-0.1, -0.05) is 0 Å². The number of nitrogens with one attached hydrogen (secondary N) is 1. The summed E-state index contributed by atoms with van der Waals surface area (Å²) in [5.41, 5.74) is -0.219. The first kappa shape index (κ1) is 16.1. The number of hydrogen-bond donors (Lipinski definition) is 2. The van der Waals surface area contributed by atoms with Gasteiger partial charge in [0.05, 0.1) is 10.5 Å². The Labute approximate surface area is 127 Å². The minimum absolute atomic E-state index is 0.00309. The van der Waals surface area contributed by atoms with E-state index in [1.807, 2.05) is 0 Å². The maximum Gasteiger partial charge on any atom is 0.269 e. The van der Waals surface area contributed by atoms with Gasteiger partial charge in [0.2, 0.25) is 5.91 Å². The van der Waals surface area contributed by atoms with Gasteiger partial charge in [-0.2, -0.15) is 0 Å². The second-order valence-electron chi connectivity index (χ2n) is 5.24. The molecule has 1 amide bonds. The van der Waals surface area contributed by atoms with E-state index < -0.39 is 10.5 Å². The maximum atomic E-state index is 11.7. The van der Waals surface area contributed by atoms with Crippen LogP contribution in [0.25, 0.3) is 6.08 Å². The molecule has 0 aromatic heterocycles. The fourth-order valence-corrected chi connectivity index (χ4v) is 2.12. The summed E-state index contributed by atoms with van der Waals surface area (Å²) >= 11 is 0. The molecule has 1 heterocycles. The summed E-state index contributed by atoms with van der Waals surface area (Å²) in [7, 11) is 0. The summed E-state index contributed by atoms with van der Waals surface area (Å²) in [6.07, 6.45) is 3.90. The number of aliphatic hydroxyl groups is 1. The molecule has 22 heavy (non-hydrogen) atoms. The lowest BCUT2D eigenvalue weighted by Crippen LogP contribution is -2.46. The second kappa shape index (κ2) is 7.15. The highest BCUT2D eigenvalue weighted by atomic mass is 16.6. The molecule has 1 aromatic carbocycles. The lowest BCUT2D eigenvalue weighted by Gasteiger charge is -2.31. The average molecular weight is 306 g/mol. The summed E-state index contributed by atoms with van der Waals surface area (Å²) in [5, 5.41) is 23.4. The molecule has 1 aromatic rings. The van der Waals surface area contributed by atoms with Crippen LogP contribution < -0.4 is 5.32 Å². The molecular formula is C15H18N2O5. The molecule has 7 heteroatoms. The highest BCUT2D eigenvalue weighted by Crippen LogP contribution is 2.19. The number of amides is 1. The average Bonchev–Trinajstić information content (AvgIpc) is 2.52. The Hall–Kier alpha value is -2.25. The number of hydrogen-bond acceptors (Lipinski definition) is 5. The van der Waals surface area contributed by atoms with Crippen molar-refractivity contribution in [2.45, 2.75) is 18.4 Å². The summed E-state index contributed by atoms with van der Waals surface area (Å²) in [6, 6.07) is 5.88. The molecule has 0 saturated carbocycles. The quantitative estimate of drug-likeness (QED) is 0.484. The molecule has 2 rings (SSSR count). The van der Waals surface area contributed by atoms with Crippen molar-refractivity contribution in [2.24, 2.45) is 0 Å². The van der Waals surface area contributed by atoms with Crippen molar-refractivity contribution >= 4 is 17.7 Å². The first-order valence-corrected chi connectivity index (χ1v) is 6.99. The number of ether oxygens (including phenoxy) is 1. The number of nitro groups is 1. The number of benzene rings is 1. The van der Waals surface area contributed by atoms with Gasteiger partial charge in [0.1, 0.15) is 0 Å². The van der Waals surface area contributed by atoms with Crippen LogP contribution in [0.3, 0.4) is 0 Å². The van der Waals surface area contributed by atoms with Crippen LogP contribution in [0.15, 0.2) is 30.3 Å². The Kier molecular flexibility index (Phi) is 5.24. The van der Waals surface area contributed by atoms with E-state index in [2.05, 4.69) is 5.32 Å². The summed E-state index contributed by atoms with van der Waals surface area (Å²) < 4.78 is 5.17. The van der Waals surface area contributed by atoms with E-state index in [1.165, 1.54) is 18.2 Å². The minimum Gasteiger partial charge on any atom is -0.388 e. The van der Waals surface area contributed by atoms with E-state index in [0.29, 0.717) is 31.6 Å². The van der Waals surface area contributed by atoms with Gasteiger partial charge in [-0.15, -0.1) is 0 Å². The lowest BCUT2D eigenvalue weighted by atomic mass is 9.94. The Morgan fingerprint density at radius 2 is 2.00 bits per heavy atom. The molecule has 1 saturated heterocycles. The Morgan fingerprint density at radius 3 is 2.59 bits per heavy atom. The molecule has 7 nitrogen and oxygen atoms in total. The smallest absolute Gasteiger partial charge is 0.269 e. The lowest BCUT2D eigenvalue weighted by molar-refractivity contribution is -0.384. The standard InChI is InChI=1S/C15H18N2O5/c18-14(16-11-15(19)7-9-22-10-8-15)6-3-12-1-4-13(5-2-12)17(20)21/h1-6,19H,7-11H2,(H,16,18)/b6-3+. The van der Waals surface area contributed by atoms with Crippen LogP contribution >= 0.6 is 0 Å². The minimum atomic E-state index is -0.908. The second-order valence-corrected chi connectivity index (χ2v) is 5.24. The largest absolute Gasteiger partial charge is 0.388 e. The number of carbonyl (C=O) groups is 1. The molecular weight excluding hydrogens is 288 g/mol. The van der Waals surface area contributed by atoms with E-state index in [0.717, 1.165) is 0 Å². The van der Waals surface area contributed by atoms with Crippen LogP contribution in [0.5, 0.6) is 0 Å². The van der Waals surface area contributed by atoms with E-state index in [4.69, 9.17) is 4.74 Å². The Bertz CT molecular complexity index is 562. The molecule has 1 aliphatic heterocycles. The zero-order chi connectivity index (χ0) is 16.0. The fraction of sp³-hybridized carbons (Fsp3) is 0.400. The van der Waals surface area contributed by atoms with Crippen LogP contribution in [0, 0.1) is 10.1 Å². The van der Waals surface area contributed by atoms with Crippen LogP contribution in [0.1, 0.15) is 18.4 Å². The Balaban J connectivity index is 1.84. The molecule has 118 valence electrons. The van der Waals surface area contributed by atoms with Crippen molar-refractivity contribution in [3.8, 4) is 0 Å². The summed E-state index contributed by atoms with van der Waals surface area (Å²) in [6.45, 7) is 1.16. The van der Waals surface area contributed by atoms with Crippen molar-refractivity contribution in [3.63, 3.8) is 0 Å². The molecule has 1 aliphatic rings. The number of nitrogens with zero attached hydrogens (tertiary/aromatic N) is 1. The Morgan fingerprint density at radius 1 is 1.36 bits per heavy atom. The van der Waals surface area contributed by atoms with E-state index in [-0.39, 0.29) is 18.1 Å². The number of non-ortho nitro benzene ring substituents is 1. The highest BCUT2D eigenvalue weighted by Gasteiger charge is 2.29. The van der Waals surface area contributed by atoms with Crippen molar-refractivity contribution in [1.82, 2.24) is 5.32 Å². The molecule has 0 unspecified atom stereocenters. The fourth-order valence-electron chi connectivity index (χ4n) is 2.12. The molecule has 0 bridgehead atoms. The van der Waals surface area contributed by atoms with Crippen molar-refractivity contribution in [1.29, 1.82) is 0 Å². The SMILES string of the molecule is O=C(/C=C/c1ccc([N+](=O)[O-])cc1)NCC1(O)CCOCC1. The first-order chi connectivity index (χ1) is 10.5. The van der Waals surface area contributed by atoms with Crippen molar-refractivity contribution < 1.29 is 19.6 Å². The predicted octanol–water partition coefficient (Wildman–Crippen LogP) is 1.27. The van der Waals surface area contributed by atoms with Gasteiger partial charge in [0.15, 0.2) is 0 Å². The van der Waals surface area contributed by atoms with Crippen LogP contribution in [-0.2, 0) is 9.53 Å². The number of nitro benzene ring substituents is 1. The molecule has 0 radical (unpaired) electrons. The van der Waals surface area contributed by atoms with Crippen molar-refractivity contribution in [2.75, 3.05) is 19.8 Å². The third kappa shape index (κ3) is 4.64. The third-order valence-electron chi connectivity index (χ3n) is 3.55. The van der Waals surface area contributed by atoms with E-state index >= 15 is 0 Å². The highest BCUT2D eigenvalue weighted by molar-refractivity contribution is 5.91. The summed E-state index contributed by atoms with van der Waals surface area (Å²) in [4.78, 5) is 21.8. The first-order valence-electron chi connectivity index (χ1n) is 6.99. The molecule has 0 aliphatic carbocycles. The van der Waals surface area contributed by atoms with Crippen LogP contribution in [-0.4, -0.2) is 41.3 Å².